The second-order valence-electron chi connectivity index (χ2n) is 3.74. The van der Waals surface area contributed by atoms with Gasteiger partial charge in [0.1, 0.15) is 13.6 Å². The quantitative estimate of drug-likeness (QED) is 0.739. The zero-order valence-electron chi connectivity index (χ0n) is 9.66. The van der Waals surface area contributed by atoms with Crippen LogP contribution in [0.25, 0.3) is 0 Å². The molecule has 3 nitrogen and oxygen atoms in total. The maximum atomic E-state index is 12.2. The predicted octanol–water partition coefficient (Wildman–Crippen LogP) is 4.95. The van der Waals surface area contributed by atoms with Gasteiger partial charge in [0.25, 0.3) is 0 Å². The molecular weight excluding hydrogens is 429 g/mol. The van der Waals surface area contributed by atoms with E-state index in [4.69, 9.17) is 34.8 Å². The van der Waals surface area contributed by atoms with Crippen LogP contribution in [-0.2, 0) is 16.6 Å². The molecule has 108 valence electrons. The van der Waals surface area contributed by atoms with Crippen LogP contribution in [0.4, 0.5) is 0 Å². The van der Waals surface area contributed by atoms with Crippen LogP contribution in [0.2, 0.25) is 13.7 Å². The van der Waals surface area contributed by atoms with Crippen LogP contribution in [0.1, 0.15) is 5.56 Å². The molecular formula is C11H7BrCl3NO2S2. The first-order valence-corrected chi connectivity index (χ1v) is 9.41. The first kappa shape index (κ1) is 16.5. The highest BCUT2D eigenvalue weighted by Crippen LogP contribution is 2.42. The van der Waals surface area contributed by atoms with E-state index in [1.54, 1.807) is 24.3 Å². The molecule has 2 rings (SSSR count). The van der Waals surface area contributed by atoms with E-state index >= 15 is 0 Å². The molecule has 0 aliphatic heterocycles. The molecule has 0 atom stereocenters. The number of hydrogen-bond acceptors (Lipinski definition) is 3. The van der Waals surface area contributed by atoms with Gasteiger partial charge in [0.15, 0.2) is 0 Å². The van der Waals surface area contributed by atoms with E-state index in [0.29, 0.717) is 9.36 Å². The van der Waals surface area contributed by atoms with Gasteiger partial charge in [-0.1, -0.05) is 46.9 Å². The minimum absolute atomic E-state index is 0.0388. The topological polar surface area (TPSA) is 46.2 Å². The zero-order chi connectivity index (χ0) is 14.9. The summed E-state index contributed by atoms with van der Waals surface area (Å²) in [5.74, 6) is 0. The van der Waals surface area contributed by atoms with Crippen LogP contribution in [-0.4, -0.2) is 8.42 Å². The zero-order valence-corrected chi connectivity index (χ0v) is 15.1. The summed E-state index contributed by atoms with van der Waals surface area (Å²) in [4.78, 5) is -0.0388. The molecule has 0 fully saturated rings. The predicted molar refractivity (Wildman–Crippen MR) is 87.5 cm³/mol. The van der Waals surface area contributed by atoms with Gasteiger partial charge in [-0.05, 0) is 33.6 Å². The second-order valence-corrected chi connectivity index (χ2v) is 8.90. The smallest absolute Gasteiger partial charge is 0.207 e. The molecule has 0 aliphatic carbocycles. The SMILES string of the molecule is O=S(=O)(NCc1ccc(Cl)cc1)c1c(Cl)sc(Cl)c1Br. The van der Waals surface area contributed by atoms with E-state index < -0.39 is 10.0 Å². The minimum atomic E-state index is -3.74. The Bertz CT molecular complexity index is 729. The number of hydrogen-bond donors (Lipinski definition) is 1. The monoisotopic (exact) mass is 433 g/mol. The lowest BCUT2D eigenvalue weighted by molar-refractivity contribution is 0.581. The normalized spacial score (nSPS) is 11.8. The standard InChI is InChI=1S/C11H7BrCl3NO2S2/c12-8-9(11(15)19-10(8)14)20(17,18)16-5-6-1-3-7(13)4-2-6/h1-4,16H,5H2. The largest absolute Gasteiger partial charge is 0.244 e. The molecule has 1 aromatic carbocycles. The lowest BCUT2D eigenvalue weighted by atomic mass is 10.2. The molecule has 1 aromatic heterocycles. The van der Waals surface area contributed by atoms with Gasteiger partial charge in [-0.15, -0.1) is 11.3 Å². The Kier molecular flexibility index (Phi) is 5.40. The van der Waals surface area contributed by atoms with Gasteiger partial charge in [0.2, 0.25) is 10.0 Å². The fourth-order valence-corrected chi connectivity index (χ4v) is 6.12. The summed E-state index contributed by atoms with van der Waals surface area (Å²) >= 11 is 21.7. The van der Waals surface area contributed by atoms with Crippen molar-refractivity contribution in [2.45, 2.75) is 11.4 Å². The Labute approximate surface area is 144 Å². The summed E-state index contributed by atoms with van der Waals surface area (Å²) in [5.41, 5.74) is 0.784. The lowest BCUT2D eigenvalue weighted by Crippen LogP contribution is -2.23. The average Bonchev–Trinajstić information content (AvgIpc) is 2.63. The molecule has 0 bridgehead atoms. The van der Waals surface area contributed by atoms with Crippen LogP contribution < -0.4 is 4.72 Å². The van der Waals surface area contributed by atoms with Crippen molar-refractivity contribution < 1.29 is 8.42 Å². The summed E-state index contributed by atoms with van der Waals surface area (Å²) in [6.07, 6.45) is 0. The molecule has 9 heteroatoms. The number of thiophene rings is 1. The number of nitrogens with one attached hydrogen (secondary N) is 1. The van der Waals surface area contributed by atoms with Crippen molar-refractivity contribution in [2.24, 2.45) is 0 Å². The molecule has 2 aromatic rings. The highest BCUT2D eigenvalue weighted by atomic mass is 79.9. The summed E-state index contributed by atoms with van der Waals surface area (Å²) in [6.45, 7) is 0.135. The van der Waals surface area contributed by atoms with Gasteiger partial charge in [-0.3, -0.25) is 0 Å². The van der Waals surface area contributed by atoms with Crippen molar-refractivity contribution in [1.29, 1.82) is 0 Å². The molecule has 1 N–H and O–H groups in total. The lowest BCUT2D eigenvalue weighted by Gasteiger charge is -2.07. The average molecular weight is 436 g/mol. The Balaban J connectivity index is 2.21. The van der Waals surface area contributed by atoms with E-state index in [0.717, 1.165) is 16.9 Å². The Morgan fingerprint density at radius 3 is 2.20 bits per heavy atom. The van der Waals surface area contributed by atoms with Crippen LogP contribution in [0, 0.1) is 0 Å². The Morgan fingerprint density at radius 2 is 1.70 bits per heavy atom. The maximum absolute atomic E-state index is 12.2. The molecule has 1 heterocycles. The number of rotatable bonds is 4. The first-order chi connectivity index (χ1) is 9.31. The second kappa shape index (κ2) is 6.52. The van der Waals surface area contributed by atoms with Crippen molar-refractivity contribution >= 4 is 72.1 Å². The molecule has 20 heavy (non-hydrogen) atoms. The third kappa shape index (κ3) is 3.68. The van der Waals surface area contributed by atoms with E-state index in [2.05, 4.69) is 20.7 Å². The van der Waals surface area contributed by atoms with Crippen molar-refractivity contribution in [1.82, 2.24) is 4.72 Å². The molecule has 0 saturated carbocycles. The fourth-order valence-electron chi connectivity index (χ4n) is 1.42. The van der Waals surface area contributed by atoms with Gasteiger partial charge in [-0.25, -0.2) is 13.1 Å². The summed E-state index contributed by atoms with van der Waals surface area (Å²) in [6, 6.07) is 6.86. The van der Waals surface area contributed by atoms with Crippen molar-refractivity contribution in [3.8, 4) is 0 Å². The number of sulfonamides is 1. The van der Waals surface area contributed by atoms with Crippen LogP contribution in [0.15, 0.2) is 33.6 Å². The third-order valence-electron chi connectivity index (χ3n) is 2.38. The Hall–Kier alpha value is 0.180. The van der Waals surface area contributed by atoms with Crippen molar-refractivity contribution in [3.63, 3.8) is 0 Å². The maximum Gasteiger partial charge on any atom is 0.244 e. The summed E-state index contributed by atoms with van der Waals surface area (Å²) < 4.78 is 27.6. The van der Waals surface area contributed by atoms with Gasteiger partial charge in [-0.2, -0.15) is 0 Å². The molecule has 0 unspecified atom stereocenters. The van der Waals surface area contributed by atoms with Crippen LogP contribution in [0.5, 0.6) is 0 Å². The van der Waals surface area contributed by atoms with Crippen LogP contribution >= 0.6 is 62.1 Å². The van der Waals surface area contributed by atoms with Crippen molar-refractivity contribution in [2.75, 3.05) is 0 Å². The minimum Gasteiger partial charge on any atom is -0.207 e. The van der Waals surface area contributed by atoms with Gasteiger partial charge >= 0.3 is 0 Å². The van der Waals surface area contributed by atoms with Gasteiger partial charge < -0.3 is 0 Å². The first-order valence-electron chi connectivity index (χ1n) is 5.18. The van der Waals surface area contributed by atoms with Crippen molar-refractivity contribution in [3.05, 3.63) is 48.0 Å². The molecule has 0 amide bonds. The van der Waals surface area contributed by atoms with E-state index in [9.17, 15) is 8.42 Å². The van der Waals surface area contributed by atoms with E-state index in [1.807, 2.05) is 0 Å². The highest BCUT2D eigenvalue weighted by molar-refractivity contribution is 9.10. The number of benzene rings is 1. The number of halogens is 4. The highest BCUT2D eigenvalue weighted by Gasteiger charge is 2.25. The van der Waals surface area contributed by atoms with Crippen LogP contribution in [0.3, 0.4) is 0 Å². The summed E-state index contributed by atoms with van der Waals surface area (Å²) in [5, 5.41) is 0.590. The molecule has 0 spiro atoms. The van der Waals surface area contributed by atoms with E-state index in [1.165, 1.54) is 0 Å². The molecule has 0 radical (unpaired) electrons. The van der Waals surface area contributed by atoms with Gasteiger partial charge in [0, 0.05) is 11.6 Å². The Morgan fingerprint density at radius 1 is 1.10 bits per heavy atom. The molecule has 0 saturated heterocycles. The fraction of sp³-hybridized carbons (Fsp3) is 0.0909. The summed E-state index contributed by atoms with van der Waals surface area (Å²) in [7, 11) is -3.74. The van der Waals surface area contributed by atoms with Gasteiger partial charge in [0.05, 0.1) is 4.47 Å². The van der Waals surface area contributed by atoms with E-state index in [-0.39, 0.29) is 20.2 Å². The third-order valence-corrected chi connectivity index (χ3v) is 7.49. The molecule has 0 aliphatic rings.